The summed E-state index contributed by atoms with van der Waals surface area (Å²) in [7, 11) is 1.48. The number of amides is 2. The standard InChI is InChI=1S/C19H19FN2O5/c1-12-3-8-16(26-2)15(9-12)22-17(23)11-27-18(24)10-21-19(25)13-4-6-14(20)7-5-13/h3-9H,10-11H2,1-2H3,(H,21,25)(H,22,23). The molecule has 0 spiro atoms. The second-order valence-electron chi connectivity index (χ2n) is 5.60. The maximum Gasteiger partial charge on any atom is 0.325 e. The third-order valence-corrected chi connectivity index (χ3v) is 3.49. The summed E-state index contributed by atoms with van der Waals surface area (Å²) >= 11 is 0. The summed E-state index contributed by atoms with van der Waals surface area (Å²) in [5, 5.41) is 4.92. The molecule has 0 saturated heterocycles. The van der Waals surface area contributed by atoms with Crippen molar-refractivity contribution in [2.45, 2.75) is 6.92 Å². The number of carbonyl (C=O) groups excluding carboxylic acids is 3. The molecule has 8 heteroatoms. The fourth-order valence-corrected chi connectivity index (χ4v) is 2.16. The third-order valence-electron chi connectivity index (χ3n) is 3.49. The van der Waals surface area contributed by atoms with Gasteiger partial charge in [0.2, 0.25) is 0 Å². The van der Waals surface area contributed by atoms with Crippen molar-refractivity contribution in [3.05, 3.63) is 59.4 Å². The van der Waals surface area contributed by atoms with Crippen LogP contribution in [0, 0.1) is 12.7 Å². The number of methoxy groups -OCH3 is 1. The number of carbonyl (C=O) groups is 3. The zero-order chi connectivity index (χ0) is 19.8. The molecule has 0 bridgehead atoms. The smallest absolute Gasteiger partial charge is 0.325 e. The Morgan fingerprint density at radius 2 is 1.78 bits per heavy atom. The monoisotopic (exact) mass is 374 g/mol. The van der Waals surface area contributed by atoms with Crippen molar-refractivity contribution in [3.8, 4) is 5.75 Å². The lowest BCUT2D eigenvalue weighted by Crippen LogP contribution is -2.32. The van der Waals surface area contributed by atoms with Crippen molar-refractivity contribution < 1.29 is 28.2 Å². The molecule has 0 heterocycles. The number of anilines is 1. The molecule has 0 saturated carbocycles. The highest BCUT2D eigenvalue weighted by Gasteiger charge is 2.12. The normalized spacial score (nSPS) is 10.0. The van der Waals surface area contributed by atoms with Gasteiger partial charge in [-0.3, -0.25) is 14.4 Å². The maximum atomic E-state index is 12.8. The molecule has 2 amide bonds. The average molecular weight is 374 g/mol. The van der Waals surface area contributed by atoms with E-state index in [1.54, 1.807) is 12.1 Å². The van der Waals surface area contributed by atoms with Gasteiger partial charge in [-0.1, -0.05) is 6.07 Å². The number of esters is 1. The van der Waals surface area contributed by atoms with Crippen LogP contribution in [0.2, 0.25) is 0 Å². The van der Waals surface area contributed by atoms with Crippen LogP contribution in [0.1, 0.15) is 15.9 Å². The first-order chi connectivity index (χ1) is 12.9. The molecule has 0 aliphatic heterocycles. The minimum atomic E-state index is -0.781. The van der Waals surface area contributed by atoms with E-state index in [4.69, 9.17) is 9.47 Å². The molecular weight excluding hydrogens is 355 g/mol. The van der Waals surface area contributed by atoms with Crippen LogP contribution in [-0.4, -0.2) is 38.0 Å². The van der Waals surface area contributed by atoms with E-state index in [0.29, 0.717) is 11.4 Å². The summed E-state index contributed by atoms with van der Waals surface area (Å²) in [5.41, 5.74) is 1.59. The fraction of sp³-hybridized carbons (Fsp3) is 0.211. The lowest BCUT2D eigenvalue weighted by Gasteiger charge is -2.11. The van der Waals surface area contributed by atoms with Crippen molar-refractivity contribution in [2.24, 2.45) is 0 Å². The summed E-state index contributed by atoms with van der Waals surface area (Å²) in [6, 6.07) is 10.1. The number of rotatable bonds is 7. The second kappa shape index (κ2) is 9.33. The van der Waals surface area contributed by atoms with E-state index in [-0.39, 0.29) is 5.56 Å². The maximum absolute atomic E-state index is 12.8. The van der Waals surface area contributed by atoms with Gasteiger partial charge in [0.25, 0.3) is 11.8 Å². The largest absolute Gasteiger partial charge is 0.495 e. The molecule has 27 heavy (non-hydrogen) atoms. The van der Waals surface area contributed by atoms with Crippen molar-refractivity contribution in [1.82, 2.24) is 5.32 Å². The number of hydrogen-bond acceptors (Lipinski definition) is 5. The number of benzene rings is 2. The highest BCUT2D eigenvalue weighted by atomic mass is 19.1. The van der Waals surface area contributed by atoms with E-state index in [2.05, 4.69) is 10.6 Å². The van der Waals surface area contributed by atoms with E-state index in [0.717, 1.165) is 17.7 Å². The Balaban J connectivity index is 1.78. The van der Waals surface area contributed by atoms with Gasteiger partial charge in [-0.05, 0) is 48.9 Å². The zero-order valence-corrected chi connectivity index (χ0v) is 14.9. The minimum Gasteiger partial charge on any atom is -0.495 e. The Hall–Kier alpha value is -3.42. The first kappa shape index (κ1) is 19.9. The number of aryl methyl sites for hydroxylation is 1. The van der Waals surface area contributed by atoms with Crippen LogP contribution in [0.15, 0.2) is 42.5 Å². The SMILES string of the molecule is COc1ccc(C)cc1NC(=O)COC(=O)CNC(=O)c1ccc(F)cc1. The molecule has 142 valence electrons. The molecule has 2 N–H and O–H groups in total. The third kappa shape index (κ3) is 6.10. The molecule has 7 nitrogen and oxygen atoms in total. The van der Waals surface area contributed by atoms with Gasteiger partial charge in [-0.2, -0.15) is 0 Å². The van der Waals surface area contributed by atoms with E-state index < -0.39 is 36.8 Å². The fourth-order valence-electron chi connectivity index (χ4n) is 2.16. The molecule has 0 aliphatic carbocycles. The molecule has 0 radical (unpaired) electrons. The Kier molecular flexibility index (Phi) is 6.87. The van der Waals surface area contributed by atoms with E-state index in [1.165, 1.54) is 19.2 Å². The van der Waals surface area contributed by atoms with Crippen molar-refractivity contribution in [3.63, 3.8) is 0 Å². The van der Waals surface area contributed by atoms with Crippen LogP contribution in [0.5, 0.6) is 5.75 Å². The van der Waals surface area contributed by atoms with Gasteiger partial charge in [0.05, 0.1) is 12.8 Å². The summed E-state index contributed by atoms with van der Waals surface area (Å²) in [6.07, 6.45) is 0. The van der Waals surface area contributed by atoms with Gasteiger partial charge in [0.1, 0.15) is 18.1 Å². The van der Waals surface area contributed by atoms with Crippen LogP contribution in [0.4, 0.5) is 10.1 Å². The predicted molar refractivity (Wildman–Crippen MR) is 96.1 cm³/mol. The summed E-state index contributed by atoms with van der Waals surface area (Å²) in [5.74, 6) is -1.87. The average Bonchev–Trinajstić information content (AvgIpc) is 2.65. The summed E-state index contributed by atoms with van der Waals surface area (Å²) < 4.78 is 22.8. The molecule has 0 unspecified atom stereocenters. The van der Waals surface area contributed by atoms with Crippen molar-refractivity contribution >= 4 is 23.5 Å². The van der Waals surface area contributed by atoms with Gasteiger partial charge in [0, 0.05) is 5.56 Å². The first-order valence-electron chi connectivity index (χ1n) is 8.03. The van der Waals surface area contributed by atoms with E-state index >= 15 is 0 Å². The second-order valence-corrected chi connectivity index (χ2v) is 5.60. The first-order valence-corrected chi connectivity index (χ1v) is 8.03. The van der Waals surface area contributed by atoms with Crippen LogP contribution in [-0.2, 0) is 14.3 Å². The van der Waals surface area contributed by atoms with Gasteiger partial charge in [-0.25, -0.2) is 4.39 Å². The quantitative estimate of drug-likeness (QED) is 0.724. The van der Waals surface area contributed by atoms with Crippen LogP contribution >= 0.6 is 0 Å². The molecule has 2 aromatic rings. The van der Waals surface area contributed by atoms with Gasteiger partial charge >= 0.3 is 5.97 Å². The molecule has 0 fully saturated rings. The molecule has 0 atom stereocenters. The minimum absolute atomic E-state index is 0.202. The van der Waals surface area contributed by atoms with Crippen molar-refractivity contribution in [1.29, 1.82) is 0 Å². The number of hydrogen-bond donors (Lipinski definition) is 2. The van der Waals surface area contributed by atoms with E-state index in [1.807, 2.05) is 13.0 Å². The van der Waals surface area contributed by atoms with Crippen LogP contribution in [0.3, 0.4) is 0 Å². The predicted octanol–water partition coefficient (Wildman–Crippen LogP) is 2.05. The summed E-state index contributed by atoms with van der Waals surface area (Å²) in [6.45, 7) is 0.929. The Bertz CT molecular complexity index is 836. The molecule has 0 aromatic heterocycles. The molecule has 0 aliphatic rings. The Morgan fingerprint density at radius 1 is 1.07 bits per heavy atom. The zero-order valence-electron chi connectivity index (χ0n) is 14.9. The topological polar surface area (TPSA) is 93.7 Å². The van der Waals surface area contributed by atoms with Crippen molar-refractivity contribution in [2.75, 3.05) is 25.6 Å². The Labute approximate surface area is 155 Å². The van der Waals surface area contributed by atoms with Gasteiger partial charge in [0.15, 0.2) is 6.61 Å². The highest BCUT2D eigenvalue weighted by molar-refractivity contribution is 5.97. The lowest BCUT2D eigenvalue weighted by molar-refractivity contribution is -0.146. The number of ether oxygens (including phenoxy) is 2. The molecule has 2 rings (SSSR count). The highest BCUT2D eigenvalue weighted by Crippen LogP contribution is 2.24. The van der Waals surface area contributed by atoms with E-state index in [9.17, 15) is 18.8 Å². The van der Waals surface area contributed by atoms with Crippen LogP contribution < -0.4 is 15.4 Å². The molecule has 2 aromatic carbocycles. The van der Waals surface area contributed by atoms with Gasteiger partial charge < -0.3 is 20.1 Å². The number of nitrogens with one attached hydrogen (secondary N) is 2. The lowest BCUT2D eigenvalue weighted by atomic mass is 10.2. The van der Waals surface area contributed by atoms with Gasteiger partial charge in [-0.15, -0.1) is 0 Å². The Morgan fingerprint density at radius 3 is 2.44 bits per heavy atom. The number of halogens is 1. The summed E-state index contributed by atoms with van der Waals surface area (Å²) in [4.78, 5) is 35.4. The molecular formula is C19H19FN2O5. The van der Waals surface area contributed by atoms with Crippen LogP contribution in [0.25, 0.3) is 0 Å².